The Labute approximate surface area is 113 Å². The minimum absolute atomic E-state index is 0. The van der Waals surface area contributed by atoms with Crippen LogP contribution in [0.1, 0.15) is 11.3 Å². The summed E-state index contributed by atoms with van der Waals surface area (Å²) in [6.45, 7) is 2.04. The quantitative estimate of drug-likeness (QED) is 0.856. The first-order valence-corrected chi connectivity index (χ1v) is 6.04. The average Bonchev–Trinajstić information content (AvgIpc) is 2.64. The molecule has 1 aromatic heterocycles. The van der Waals surface area contributed by atoms with E-state index in [-0.39, 0.29) is 12.4 Å². The zero-order valence-electron chi connectivity index (χ0n) is 10.1. The van der Waals surface area contributed by atoms with Gasteiger partial charge in [0, 0.05) is 30.4 Å². The highest BCUT2D eigenvalue weighted by atomic mass is 35.5. The smallest absolute Gasteiger partial charge is 0.159 e. The van der Waals surface area contributed by atoms with Gasteiger partial charge < -0.3 is 5.32 Å². The Bertz CT molecular complexity index is 514. The van der Waals surface area contributed by atoms with Crippen LogP contribution in [0.15, 0.2) is 36.5 Å². The van der Waals surface area contributed by atoms with Crippen molar-refractivity contribution in [1.29, 1.82) is 0 Å². The van der Waals surface area contributed by atoms with Crippen LogP contribution in [0.2, 0.25) is 0 Å². The molecule has 1 aliphatic heterocycles. The normalized spacial score (nSPS) is 14.2. The van der Waals surface area contributed by atoms with E-state index in [9.17, 15) is 0 Å². The Balaban J connectivity index is 0.00000120. The maximum atomic E-state index is 4.69. The standard InChI is InChI=1S/C14H15N3.ClH/c1-2-4-11(5-3-1)14-16-10-12-6-8-15-9-7-13(12)17-14;/h1-5,10,15H,6-9H2;1H. The van der Waals surface area contributed by atoms with Crippen LogP contribution in [0.5, 0.6) is 0 Å². The molecule has 0 amide bonds. The number of halogens is 1. The van der Waals surface area contributed by atoms with Gasteiger partial charge in [0.2, 0.25) is 0 Å². The van der Waals surface area contributed by atoms with E-state index in [2.05, 4.69) is 22.4 Å². The summed E-state index contributed by atoms with van der Waals surface area (Å²) >= 11 is 0. The molecular weight excluding hydrogens is 246 g/mol. The van der Waals surface area contributed by atoms with Gasteiger partial charge in [-0.05, 0) is 18.5 Å². The van der Waals surface area contributed by atoms with Crippen LogP contribution in [0.4, 0.5) is 0 Å². The number of hydrogen-bond acceptors (Lipinski definition) is 3. The molecule has 0 atom stereocenters. The number of rotatable bonds is 1. The van der Waals surface area contributed by atoms with E-state index in [1.54, 1.807) is 0 Å². The van der Waals surface area contributed by atoms with Gasteiger partial charge in [-0.15, -0.1) is 12.4 Å². The molecule has 0 bridgehead atoms. The van der Waals surface area contributed by atoms with E-state index < -0.39 is 0 Å². The molecule has 0 spiro atoms. The van der Waals surface area contributed by atoms with Crippen LogP contribution in [-0.2, 0) is 12.8 Å². The largest absolute Gasteiger partial charge is 0.316 e. The molecule has 3 rings (SSSR count). The maximum Gasteiger partial charge on any atom is 0.159 e. The SMILES string of the molecule is Cl.c1ccc(-c2ncc3c(n2)CCNCC3)cc1. The molecule has 0 saturated carbocycles. The molecule has 4 heteroatoms. The molecule has 0 radical (unpaired) electrons. The predicted octanol–water partition coefficient (Wildman–Crippen LogP) is 2.25. The summed E-state index contributed by atoms with van der Waals surface area (Å²) < 4.78 is 0. The minimum Gasteiger partial charge on any atom is -0.316 e. The summed E-state index contributed by atoms with van der Waals surface area (Å²) in [6.07, 6.45) is 4.01. The van der Waals surface area contributed by atoms with Crippen molar-refractivity contribution >= 4 is 12.4 Å². The van der Waals surface area contributed by atoms with Gasteiger partial charge in [0.25, 0.3) is 0 Å². The lowest BCUT2D eigenvalue weighted by Gasteiger charge is -2.06. The zero-order valence-corrected chi connectivity index (χ0v) is 10.9. The second-order valence-electron chi connectivity index (χ2n) is 4.28. The van der Waals surface area contributed by atoms with Crippen molar-refractivity contribution in [3.05, 3.63) is 47.8 Å². The van der Waals surface area contributed by atoms with E-state index in [0.717, 1.165) is 37.3 Å². The lowest BCUT2D eigenvalue weighted by Crippen LogP contribution is -2.16. The van der Waals surface area contributed by atoms with Crippen LogP contribution < -0.4 is 5.32 Å². The monoisotopic (exact) mass is 261 g/mol. The van der Waals surface area contributed by atoms with Gasteiger partial charge >= 0.3 is 0 Å². The predicted molar refractivity (Wildman–Crippen MR) is 75.0 cm³/mol. The molecule has 1 N–H and O–H groups in total. The fourth-order valence-electron chi connectivity index (χ4n) is 2.15. The van der Waals surface area contributed by atoms with Crippen molar-refractivity contribution in [1.82, 2.24) is 15.3 Å². The van der Waals surface area contributed by atoms with Gasteiger partial charge in [0.1, 0.15) is 0 Å². The summed E-state index contributed by atoms with van der Waals surface area (Å²) in [6, 6.07) is 10.2. The van der Waals surface area contributed by atoms with Crippen LogP contribution in [0.25, 0.3) is 11.4 Å². The first-order valence-electron chi connectivity index (χ1n) is 6.04. The molecule has 2 aromatic rings. The van der Waals surface area contributed by atoms with Crippen molar-refractivity contribution in [3.63, 3.8) is 0 Å². The van der Waals surface area contributed by atoms with Gasteiger partial charge in [-0.2, -0.15) is 0 Å². The fourth-order valence-corrected chi connectivity index (χ4v) is 2.15. The van der Waals surface area contributed by atoms with Crippen LogP contribution >= 0.6 is 12.4 Å². The van der Waals surface area contributed by atoms with Crippen LogP contribution in [0.3, 0.4) is 0 Å². The van der Waals surface area contributed by atoms with E-state index in [0.29, 0.717) is 0 Å². The number of hydrogen-bond donors (Lipinski definition) is 1. The summed E-state index contributed by atoms with van der Waals surface area (Å²) in [4.78, 5) is 9.16. The second kappa shape index (κ2) is 5.94. The Kier molecular flexibility index (Phi) is 4.28. The highest BCUT2D eigenvalue weighted by molar-refractivity contribution is 5.85. The molecule has 18 heavy (non-hydrogen) atoms. The molecule has 2 heterocycles. The van der Waals surface area contributed by atoms with Gasteiger partial charge in [-0.3, -0.25) is 0 Å². The Morgan fingerprint density at radius 2 is 1.78 bits per heavy atom. The Morgan fingerprint density at radius 1 is 1.00 bits per heavy atom. The number of nitrogens with zero attached hydrogens (tertiary/aromatic N) is 2. The lowest BCUT2D eigenvalue weighted by atomic mass is 10.1. The molecule has 0 unspecified atom stereocenters. The molecule has 94 valence electrons. The van der Waals surface area contributed by atoms with Gasteiger partial charge in [0.05, 0.1) is 0 Å². The second-order valence-corrected chi connectivity index (χ2v) is 4.28. The molecular formula is C14H16ClN3. The van der Waals surface area contributed by atoms with E-state index in [1.165, 1.54) is 11.3 Å². The number of nitrogens with one attached hydrogen (secondary N) is 1. The van der Waals surface area contributed by atoms with Crippen LogP contribution in [-0.4, -0.2) is 23.1 Å². The van der Waals surface area contributed by atoms with Crippen molar-refractivity contribution in [2.45, 2.75) is 12.8 Å². The van der Waals surface area contributed by atoms with Crippen molar-refractivity contribution in [3.8, 4) is 11.4 Å². The molecule has 0 fully saturated rings. The highest BCUT2D eigenvalue weighted by Crippen LogP contribution is 2.17. The number of benzene rings is 1. The topological polar surface area (TPSA) is 37.8 Å². The molecule has 0 aliphatic carbocycles. The van der Waals surface area contributed by atoms with Gasteiger partial charge in [-0.1, -0.05) is 30.3 Å². The lowest BCUT2D eigenvalue weighted by molar-refractivity contribution is 0.708. The van der Waals surface area contributed by atoms with Crippen molar-refractivity contribution in [2.24, 2.45) is 0 Å². The Morgan fingerprint density at radius 3 is 2.61 bits per heavy atom. The summed E-state index contributed by atoms with van der Waals surface area (Å²) in [5.41, 5.74) is 3.58. The molecule has 3 nitrogen and oxygen atoms in total. The van der Waals surface area contributed by atoms with E-state index in [1.807, 2.05) is 24.4 Å². The van der Waals surface area contributed by atoms with Crippen molar-refractivity contribution in [2.75, 3.05) is 13.1 Å². The van der Waals surface area contributed by atoms with Crippen LogP contribution in [0, 0.1) is 0 Å². The first kappa shape index (κ1) is 13.0. The van der Waals surface area contributed by atoms with E-state index >= 15 is 0 Å². The van der Waals surface area contributed by atoms with Gasteiger partial charge in [-0.25, -0.2) is 9.97 Å². The number of fused-ring (bicyclic) bond motifs is 1. The zero-order chi connectivity index (χ0) is 11.5. The van der Waals surface area contributed by atoms with Crippen molar-refractivity contribution < 1.29 is 0 Å². The molecule has 1 aliphatic rings. The first-order chi connectivity index (χ1) is 8.43. The number of aromatic nitrogens is 2. The third kappa shape index (κ3) is 2.68. The molecule has 0 saturated heterocycles. The summed E-state index contributed by atoms with van der Waals surface area (Å²) in [7, 11) is 0. The third-order valence-corrected chi connectivity index (χ3v) is 3.10. The maximum absolute atomic E-state index is 4.69. The summed E-state index contributed by atoms with van der Waals surface area (Å²) in [5.74, 6) is 0.839. The highest BCUT2D eigenvalue weighted by Gasteiger charge is 2.10. The Hall–Kier alpha value is -1.45. The summed E-state index contributed by atoms with van der Waals surface area (Å²) in [5, 5.41) is 3.39. The molecule has 1 aromatic carbocycles. The average molecular weight is 262 g/mol. The third-order valence-electron chi connectivity index (χ3n) is 3.10. The van der Waals surface area contributed by atoms with Gasteiger partial charge in [0.15, 0.2) is 5.82 Å². The fraction of sp³-hybridized carbons (Fsp3) is 0.286. The minimum atomic E-state index is 0. The van der Waals surface area contributed by atoms with E-state index in [4.69, 9.17) is 4.98 Å².